The van der Waals surface area contributed by atoms with Crippen LogP contribution in [0, 0.1) is 34.5 Å². The fourth-order valence-corrected chi connectivity index (χ4v) is 2.82. The van der Waals surface area contributed by atoms with Gasteiger partial charge in [-0.25, -0.2) is 0 Å². The van der Waals surface area contributed by atoms with Gasteiger partial charge in [0.25, 0.3) is 0 Å². The van der Waals surface area contributed by atoms with E-state index < -0.39 is 35.0 Å². The molecule has 1 heterocycles. The number of para-hydroxylation sites is 1. The number of nitrogens with zero attached hydrogens (tertiary/aromatic N) is 2. The van der Waals surface area contributed by atoms with Crippen LogP contribution < -0.4 is 16.8 Å². The van der Waals surface area contributed by atoms with Crippen molar-refractivity contribution in [3.63, 3.8) is 0 Å². The Kier molecular flexibility index (Phi) is 3.54. The van der Waals surface area contributed by atoms with Crippen molar-refractivity contribution in [2.24, 2.45) is 23.3 Å². The Morgan fingerprint density at radius 3 is 2.05 bits per heavy atom. The number of amides is 3. The van der Waals surface area contributed by atoms with E-state index in [0.29, 0.717) is 5.69 Å². The Labute approximate surface area is 125 Å². The van der Waals surface area contributed by atoms with Gasteiger partial charge in [0, 0.05) is 5.69 Å². The second kappa shape index (κ2) is 5.19. The van der Waals surface area contributed by atoms with Crippen LogP contribution in [0.3, 0.4) is 0 Å². The summed E-state index contributed by atoms with van der Waals surface area (Å²) in [4.78, 5) is 35.9. The van der Waals surface area contributed by atoms with Gasteiger partial charge in [0.05, 0.1) is 12.1 Å². The molecule has 0 fully saturated rings. The van der Waals surface area contributed by atoms with Crippen molar-refractivity contribution in [3.8, 4) is 12.1 Å². The zero-order chi connectivity index (χ0) is 16.5. The van der Waals surface area contributed by atoms with E-state index in [1.807, 2.05) is 0 Å². The van der Waals surface area contributed by atoms with Gasteiger partial charge in [0.2, 0.25) is 17.7 Å². The van der Waals surface area contributed by atoms with E-state index in [4.69, 9.17) is 11.5 Å². The fourth-order valence-electron chi connectivity index (χ4n) is 2.82. The summed E-state index contributed by atoms with van der Waals surface area (Å²) in [5, 5.41) is 21.1. The largest absolute Gasteiger partial charge is 0.368 e. The van der Waals surface area contributed by atoms with Crippen molar-refractivity contribution in [2.75, 3.05) is 5.32 Å². The third kappa shape index (κ3) is 1.79. The number of rotatable bonds is 4. The number of carbonyl (C=O) groups excluding carboxylic acids is 3. The lowest BCUT2D eigenvalue weighted by Gasteiger charge is -2.32. The molecule has 1 aliphatic heterocycles. The van der Waals surface area contributed by atoms with Gasteiger partial charge in [-0.15, -0.1) is 0 Å². The van der Waals surface area contributed by atoms with E-state index in [1.54, 1.807) is 24.3 Å². The van der Waals surface area contributed by atoms with Gasteiger partial charge < -0.3 is 16.8 Å². The maximum atomic E-state index is 12.5. The topological polar surface area (TPSA) is 163 Å². The van der Waals surface area contributed by atoms with Crippen LogP contribution in [0.1, 0.15) is 5.56 Å². The summed E-state index contributed by atoms with van der Waals surface area (Å²) in [5.41, 5.74) is 8.86. The maximum Gasteiger partial charge on any atom is 0.238 e. The molecule has 110 valence electrons. The molecule has 1 aromatic rings. The van der Waals surface area contributed by atoms with Gasteiger partial charge in [-0.3, -0.25) is 14.4 Å². The van der Waals surface area contributed by atoms with Crippen LogP contribution in [0.4, 0.5) is 5.69 Å². The highest BCUT2D eigenvalue weighted by Gasteiger charge is 2.61. The standard InChI is InChI=1S/C14H11N5O3/c15-5-8(11(17)20)14(9(6-16)12(18)21)7-3-1-2-4-10(7)19-13(14)22/h1-4,8-9H,(H2,17,20)(H2,18,21)(H,19,22)/t8-,9-/m1/s1. The first-order chi connectivity index (χ1) is 10.4. The van der Waals surface area contributed by atoms with Crippen molar-refractivity contribution < 1.29 is 14.4 Å². The fraction of sp³-hybridized carbons (Fsp3) is 0.214. The smallest absolute Gasteiger partial charge is 0.238 e. The summed E-state index contributed by atoms with van der Waals surface area (Å²) in [7, 11) is 0. The molecule has 0 saturated heterocycles. The number of primary amides is 2. The lowest BCUT2D eigenvalue weighted by atomic mass is 9.63. The molecule has 0 spiro atoms. The number of benzene rings is 1. The van der Waals surface area contributed by atoms with Gasteiger partial charge in [0.1, 0.15) is 17.3 Å². The molecule has 1 aromatic carbocycles. The number of nitrogens with two attached hydrogens (primary N) is 2. The highest BCUT2D eigenvalue weighted by Crippen LogP contribution is 2.47. The van der Waals surface area contributed by atoms with E-state index in [0.717, 1.165) is 0 Å². The second-order valence-electron chi connectivity index (χ2n) is 4.80. The van der Waals surface area contributed by atoms with Crippen molar-refractivity contribution >= 4 is 23.4 Å². The minimum Gasteiger partial charge on any atom is -0.368 e. The molecule has 8 nitrogen and oxygen atoms in total. The summed E-state index contributed by atoms with van der Waals surface area (Å²) < 4.78 is 0. The Morgan fingerprint density at radius 1 is 1.09 bits per heavy atom. The number of nitriles is 2. The van der Waals surface area contributed by atoms with E-state index in [-0.39, 0.29) is 5.56 Å². The van der Waals surface area contributed by atoms with Crippen LogP contribution in [-0.4, -0.2) is 17.7 Å². The van der Waals surface area contributed by atoms with Gasteiger partial charge in [-0.1, -0.05) is 18.2 Å². The predicted octanol–water partition coefficient (Wildman–Crippen LogP) is -0.873. The molecule has 22 heavy (non-hydrogen) atoms. The minimum atomic E-state index is -2.06. The average Bonchev–Trinajstić information content (AvgIpc) is 2.74. The summed E-state index contributed by atoms with van der Waals surface area (Å²) >= 11 is 0. The molecular weight excluding hydrogens is 286 g/mol. The van der Waals surface area contributed by atoms with Crippen molar-refractivity contribution in [3.05, 3.63) is 29.8 Å². The number of carbonyl (C=O) groups is 3. The predicted molar refractivity (Wildman–Crippen MR) is 73.3 cm³/mol. The summed E-state index contributed by atoms with van der Waals surface area (Å²) in [5.74, 6) is -6.49. The molecule has 0 radical (unpaired) electrons. The van der Waals surface area contributed by atoms with Gasteiger partial charge in [-0.05, 0) is 11.6 Å². The lowest BCUT2D eigenvalue weighted by Crippen LogP contribution is -2.55. The van der Waals surface area contributed by atoms with Crippen LogP contribution in [0.5, 0.6) is 0 Å². The van der Waals surface area contributed by atoms with E-state index >= 15 is 0 Å². The van der Waals surface area contributed by atoms with E-state index in [1.165, 1.54) is 12.1 Å². The molecule has 0 unspecified atom stereocenters. The van der Waals surface area contributed by atoms with Crippen LogP contribution >= 0.6 is 0 Å². The third-order valence-electron chi connectivity index (χ3n) is 3.73. The van der Waals surface area contributed by atoms with Gasteiger partial charge in [0.15, 0.2) is 0 Å². The molecule has 0 bridgehead atoms. The summed E-state index contributed by atoms with van der Waals surface area (Å²) in [6.07, 6.45) is 0. The molecule has 2 atom stereocenters. The molecule has 0 saturated carbocycles. The summed E-state index contributed by atoms with van der Waals surface area (Å²) in [6, 6.07) is 9.41. The normalized spacial score (nSPS) is 17.3. The van der Waals surface area contributed by atoms with Crippen molar-refractivity contribution in [1.29, 1.82) is 10.5 Å². The number of anilines is 1. The van der Waals surface area contributed by atoms with Crippen molar-refractivity contribution in [1.82, 2.24) is 0 Å². The lowest BCUT2D eigenvalue weighted by molar-refractivity contribution is -0.135. The third-order valence-corrected chi connectivity index (χ3v) is 3.73. The maximum absolute atomic E-state index is 12.5. The summed E-state index contributed by atoms with van der Waals surface area (Å²) in [6.45, 7) is 0. The quantitative estimate of drug-likeness (QED) is 0.656. The molecule has 0 aliphatic carbocycles. The number of nitrogens with one attached hydrogen (secondary N) is 1. The minimum absolute atomic E-state index is 0.177. The number of hydrogen-bond donors (Lipinski definition) is 3. The molecule has 5 N–H and O–H groups in total. The molecule has 8 heteroatoms. The molecule has 1 aliphatic rings. The highest BCUT2D eigenvalue weighted by atomic mass is 16.2. The molecule has 3 amide bonds. The highest BCUT2D eigenvalue weighted by molar-refractivity contribution is 6.12. The monoisotopic (exact) mass is 297 g/mol. The zero-order valence-electron chi connectivity index (χ0n) is 11.2. The Hall–Kier alpha value is -3.39. The van der Waals surface area contributed by atoms with E-state index in [9.17, 15) is 24.9 Å². The SMILES string of the molecule is N#C[C@H](C(N)=O)C1([C@H](C#N)C(N)=O)C(=O)Nc2ccccc21. The van der Waals surface area contributed by atoms with Crippen LogP contribution in [0.15, 0.2) is 24.3 Å². The Balaban J connectivity index is 2.87. The molecule has 0 aromatic heterocycles. The Morgan fingerprint density at radius 2 is 1.59 bits per heavy atom. The first-order valence-corrected chi connectivity index (χ1v) is 6.20. The molecule has 2 rings (SSSR count). The average molecular weight is 297 g/mol. The second-order valence-corrected chi connectivity index (χ2v) is 4.80. The van der Waals surface area contributed by atoms with Crippen LogP contribution in [0.2, 0.25) is 0 Å². The van der Waals surface area contributed by atoms with Gasteiger partial charge >= 0.3 is 0 Å². The van der Waals surface area contributed by atoms with Crippen molar-refractivity contribution in [2.45, 2.75) is 5.41 Å². The molecular formula is C14H11N5O3. The zero-order valence-corrected chi connectivity index (χ0v) is 11.2. The van der Waals surface area contributed by atoms with E-state index in [2.05, 4.69) is 5.32 Å². The Bertz CT molecular complexity index is 726. The van der Waals surface area contributed by atoms with Crippen LogP contribution in [0.25, 0.3) is 0 Å². The van der Waals surface area contributed by atoms with Crippen LogP contribution in [-0.2, 0) is 19.8 Å². The number of hydrogen-bond acceptors (Lipinski definition) is 5. The van der Waals surface area contributed by atoms with Gasteiger partial charge in [-0.2, -0.15) is 10.5 Å². The first kappa shape index (κ1) is 15.0. The first-order valence-electron chi connectivity index (χ1n) is 6.20. The number of fused-ring (bicyclic) bond motifs is 1.